The van der Waals surface area contributed by atoms with Crippen molar-refractivity contribution in [1.82, 2.24) is 0 Å². The van der Waals surface area contributed by atoms with Crippen LogP contribution in [0, 0.1) is 0 Å². The third kappa shape index (κ3) is 1.85. The summed E-state index contributed by atoms with van der Waals surface area (Å²) in [4.78, 5) is 24.5. The van der Waals surface area contributed by atoms with Gasteiger partial charge >= 0.3 is 0 Å². The summed E-state index contributed by atoms with van der Waals surface area (Å²) in [7, 11) is 0. The van der Waals surface area contributed by atoms with Gasteiger partial charge in [-0.25, -0.2) is 0 Å². The summed E-state index contributed by atoms with van der Waals surface area (Å²) in [6, 6.07) is 7.82. The Bertz CT molecular complexity index is 426. The van der Waals surface area contributed by atoms with E-state index in [9.17, 15) is 9.59 Å². The number of carbonyl (C=O) groups excluding carboxylic acids is 2. The molecule has 0 aliphatic carbocycles. The summed E-state index contributed by atoms with van der Waals surface area (Å²) < 4.78 is 0. The summed E-state index contributed by atoms with van der Waals surface area (Å²) in [5.41, 5.74) is 2.05. The second kappa shape index (κ2) is 4.47. The molecule has 16 heavy (non-hydrogen) atoms. The smallest absolute Gasteiger partial charge is 0.294 e. The maximum atomic E-state index is 11.6. The molecule has 1 aliphatic heterocycles. The van der Waals surface area contributed by atoms with E-state index >= 15 is 0 Å². The number of aryl methyl sites for hydroxylation is 1. The fraction of sp³-hybridized carbons (Fsp3) is 0.385. The van der Waals surface area contributed by atoms with E-state index < -0.39 is 0 Å². The van der Waals surface area contributed by atoms with Crippen LogP contribution in [0.2, 0.25) is 0 Å². The van der Waals surface area contributed by atoms with Crippen molar-refractivity contribution in [3.63, 3.8) is 0 Å². The van der Waals surface area contributed by atoms with Gasteiger partial charge in [0, 0.05) is 18.7 Å². The van der Waals surface area contributed by atoms with E-state index in [-0.39, 0.29) is 11.7 Å². The van der Waals surface area contributed by atoms with E-state index in [0.29, 0.717) is 13.0 Å². The summed E-state index contributed by atoms with van der Waals surface area (Å²) in [5.74, 6) is -0.630. The van der Waals surface area contributed by atoms with Gasteiger partial charge in [0.15, 0.2) is 0 Å². The number of rotatable bonds is 3. The molecule has 1 amide bonds. The minimum atomic E-state index is -0.358. The van der Waals surface area contributed by atoms with Crippen LogP contribution in [0.1, 0.15) is 25.3 Å². The quantitative estimate of drug-likeness (QED) is 0.726. The van der Waals surface area contributed by atoms with Crippen molar-refractivity contribution in [3.8, 4) is 0 Å². The molecule has 1 heterocycles. The number of para-hydroxylation sites is 1. The second-order valence-electron chi connectivity index (χ2n) is 4.01. The van der Waals surface area contributed by atoms with Gasteiger partial charge in [-0.3, -0.25) is 9.59 Å². The molecule has 0 radical (unpaired) electrons. The van der Waals surface area contributed by atoms with Gasteiger partial charge in [-0.05, 0) is 18.1 Å². The third-order valence-corrected chi connectivity index (χ3v) is 2.85. The second-order valence-corrected chi connectivity index (χ2v) is 4.01. The van der Waals surface area contributed by atoms with Crippen molar-refractivity contribution >= 4 is 17.4 Å². The molecule has 3 heteroatoms. The van der Waals surface area contributed by atoms with E-state index in [4.69, 9.17) is 0 Å². The van der Waals surface area contributed by atoms with Gasteiger partial charge in [0.25, 0.3) is 5.91 Å². The van der Waals surface area contributed by atoms with Crippen LogP contribution in [0.5, 0.6) is 0 Å². The predicted octanol–water partition coefficient (Wildman–Crippen LogP) is 1.94. The van der Waals surface area contributed by atoms with Gasteiger partial charge in [0.2, 0.25) is 5.78 Å². The molecule has 2 rings (SSSR count). The molecular weight excluding hydrogens is 202 g/mol. The van der Waals surface area contributed by atoms with Crippen LogP contribution in [0.3, 0.4) is 0 Å². The molecule has 1 aliphatic rings. The molecule has 1 aromatic carbocycles. The van der Waals surface area contributed by atoms with Gasteiger partial charge in [0.05, 0.1) is 0 Å². The van der Waals surface area contributed by atoms with Crippen molar-refractivity contribution < 1.29 is 9.59 Å². The van der Waals surface area contributed by atoms with Crippen LogP contribution in [0.25, 0.3) is 0 Å². The Labute approximate surface area is 95.1 Å². The highest BCUT2D eigenvalue weighted by atomic mass is 16.2. The average molecular weight is 217 g/mol. The van der Waals surface area contributed by atoms with Crippen molar-refractivity contribution in [1.29, 1.82) is 0 Å². The fourth-order valence-electron chi connectivity index (χ4n) is 2.06. The van der Waals surface area contributed by atoms with Crippen LogP contribution in [0.15, 0.2) is 24.3 Å². The largest absolute Gasteiger partial charge is 0.305 e. The van der Waals surface area contributed by atoms with Gasteiger partial charge in [-0.2, -0.15) is 0 Å². The molecule has 3 nitrogen and oxygen atoms in total. The molecule has 0 bridgehead atoms. The maximum Gasteiger partial charge on any atom is 0.294 e. The number of hydrogen-bond acceptors (Lipinski definition) is 2. The number of amides is 1. The average Bonchev–Trinajstić information content (AvgIpc) is 2.61. The van der Waals surface area contributed by atoms with Crippen LogP contribution < -0.4 is 4.90 Å². The molecule has 1 fully saturated rings. The van der Waals surface area contributed by atoms with Gasteiger partial charge in [-0.1, -0.05) is 31.5 Å². The Kier molecular flexibility index (Phi) is 3.04. The van der Waals surface area contributed by atoms with E-state index in [1.807, 2.05) is 24.3 Å². The molecule has 0 aromatic heterocycles. The summed E-state index contributed by atoms with van der Waals surface area (Å²) in [5, 5.41) is 0. The Morgan fingerprint density at radius 2 is 2.00 bits per heavy atom. The first-order valence-electron chi connectivity index (χ1n) is 5.66. The monoisotopic (exact) mass is 217 g/mol. The minimum Gasteiger partial charge on any atom is -0.305 e. The van der Waals surface area contributed by atoms with E-state index in [0.717, 1.165) is 24.1 Å². The fourth-order valence-corrected chi connectivity index (χ4v) is 2.06. The first kappa shape index (κ1) is 10.9. The first-order valence-corrected chi connectivity index (χ1v) is 5.66. The number of nitrogens with zero attached hydrogens (tertiary/aromatic N) is 1. The van der Waals surface area contributed by atoms with Crippen molar-refractivity contribution in [2.75, 3.05) is 11.4 Å². The lowest BCUT2D eigenvalue weighted by molar-refractivity contribution is -0.133. The van der Waals surface area contributed by atoms with Gasteiger partial charge in [-0.15, -0.1) is 0 Å². The number of hydrogen-bond donors (Lipinski definition) is 0. The lowest BCUT2D eigenvalue weighted by Gasteiger charge is -2.18. The Balaban J connectivity index is 2.33. The summed E-state index contributed by atoms with van der Waals surface area (Å²) in [6.07, 6.45) is 2.32. The van der Waals surface area contributed by atoms with E-state index in [1.165, 1.54) is 0 Å². The molecule has 1 saturated heterocycles. The summed E-state index contributed by atoms with van der Waals surface area (Å²) in [6.45, 7) is 2.63. The molecule has 0 saturated carbocycles. The molecule has 84 valence electrons. The molecule has 0 N–H and O–H groups in total. The normalized spacial score (nSPS) is 15.9. The Morgan fingerprint density at radius 1 is 1.25 bits per heavy atom. The van der Waals surface area contributed by atoms with Crippen LogP contribution in [-0.4, -0.2) is 18.2 Å². The number of ketones is 1. The highest BCUT2D eigenvalue weighted by Crippen LogP contribution is 2.25. The van der Waals surface area contributed by atoms with Gasteiger partial charge in [0.1, 0.15) is 0 Å². The predicted molar refractivity (Wildman–Crippen MR) is 62.4 cm³/mol. The lowest BCUT2D eigenvalue weighted by atomic mass is 10.1. The standard InChI is InChI=1S/C13H15NO2/c1-2-5-10-6-3-4-7-11(10)14-9-8-12(15)13(14)16/h3-4,6-7H,2,5,8-9H2,1H3. The zero-order chi connectivity index (χ0) is 11.5. The Hall–Kier alpha value is -1.64. The maximum absolute atomic E-state index is 11.6. The lowest BCUT2D eigenvalue weighted by Crippen LogP contribution is -2.27. The minimum absolute atomic E-state index is 0.272. The number of carbonyl (C=O) groups is 2. The number of Topliss-reactive ketones (excluding diaryl/α,β-unsaturated/α-hetero) is 1. The SMILES string of the molecule is CCCc1ccccc1N1CCC(=O)C1=O. The summed E-state index contributed by atoms with van der Waals surface area (Å²) >= 11 is 0. The molecular formula is C13H15NO2. The highest BCUT2D eigenvalue weighted by molar-refractivity contribution is 6.43. The topological polar surface area (TPSA) is 37.4 Å². The first-order chi connectivity index (χ1) is 7.74. The van der Waals surface area contributed by atoms with Crippen molar-refractivity contribution in [2.45, 2.75) is 26.2 Å². The zero-order valence-corrected chi connectivity index (χ0v) is 9.40. The number of anilines is 1. The number of benzene rings is 1. The molecule has 1 aromatic rings. The molecule has 0 spiro atoms. The molecule has 0 unspecified atom stereocenters. The van der Waals surface area contributed by atoms with Crippen molar-refractivity contribution in [2.24, 2.45) is 0 Å². The van der Waals surface area contributed by atoms with Crippen LogP contribution in [0.4, 0.5) is 5.69 Å². The zero-order valence-electron chi connectivity index (χ0n) is 9.40. The Morgan fingerprint density at radius 3 is 2.62 bits per heavy atom. The van der Waals surface area contributed by atoms with Crippen molar-refractivity contribution in [3.05, 3.63) is 29.8 Å². The van der Waals surface area contributed by atoms with E-state index in [2.05, 4.69) is 6.92 Å². The van der Waals surface area contributed by atoms with Crippen LogP contribution >= 0.6 is 0 Å². The van der Waals surface area contributed by atoms with E-state index in [1.54, 1.807) is 4.90 Å². The molecule has 0 atom stereocenters. The van der Waals surface area contributed by atoms with Gasteiger partial charge < -0.3 is 4.90 Å². The highest BCUT2D eigenvalue weighted by Gasteiger charge is 2.31. The third-order valence-electron chi connectivity index (χ3n) is 2.85. The van der Waals surface area contributed by atoms with Crippen LogP contribution in [-0.2, 0) is 16.0 Å².